The summed E-state index contributed by atoms with van der Waals surface area (Å²) in [6.07, 6.45) is 2.89. The zero-order valence-electron chi connectivity index (χ0n) is 7.07. The van der Waals surface area contributed by atoms with E-state index in [-0.39, 0.29) is 6.10 Å². The molecule has 0 aliphatic carbocycles. The summed E-state index contributed by atoms with van der Waals surface area (Å²) < 4.78 is 11.7. The molecule has 1 aromatic heterocycles. The highest BCUT2D eigenvalue weighted by Crippen LogP contribution is 2.19. The van der Waals surface area contributed by atoms with Crippen molar-refractivity contribution >= 4 is 15.9 Å². The second kappa shape index (κ2) is 4.07. The molecule has 0 N–H and O–H groups in total. The molecule has 1 aliphatic heterocycles. The van der Waals surface area contributed by atoms with E-state index in [2.05, 4.69) is 20.9 Å². The van der Waals surface area contributed by atoms with Crippen LogP contribution in [-0.2, 0) is 4.74 Å². The average Bonchev–Trinajstić information content (AvgIpc) is 2.57. The molecule has 1 saturated heterocycles. The Hall–Kier alpha value is -0.610. The highest BCUT2D eigenvalue weighted by Gasteiger charge is 2.16. The molecular formula is C9H10BrNO2. The van der Waals surface area contributed by atoms with Crippen molar-refractivity contribution in [2.45, 2.75) is 12.5 Å². The third-order valence-electron chi connectivity index (χ3n) is 1.89. The van der Waals surface area contributed by atoms with Crippen molar-refractivity contribution in [3.8, 4) is 5.75 Å². The number of halogens is 1. The maximum atomic E-state index is 5.66. The lowest BCUT2D eigenvalue weighted by atomic mass is 10.3. The largest absolute Gasteiger partial charge is 0.488 e. The first-order chi connectivity index (χ1) is 6.34. The van der Waals surface area contributed by atoms with E-state index in [0.717, 1.165) is 23.4 Å². The molecule has 4 heteroatoms. The number of hydrogen-bond donors (Lipinski definition) is 0. The van der Waals surface area contributed by atoms with Gasteiger partial charge in [-0.2, -0.15) is 0 Å². The van der Waals surface area contributed by atoms with E-state index in [0.29, 0.717) is 6.61 Å². The van der Waals surface area contributed by atoms with Crippen LogP contribution < -0.4 is 4.74 Å². The van der Waals surface area contributed by atoms with Gasteiger partial charge in [0.25, 0.3) is 0 Å². The number of rotatable bonds is 2. The second-order valence-corrected chi connectivity index (χ2v) is 3.73. The molecule has 13 heavy (non-hydrogen) atoms. The van der Waals surface area contributed by atoms with Gasteiger partial charge in [-0.25, -0.2) is 4.98 Å². The summed E-state index contributed by atoms with van der Waals surface area (Å²) in [6.45, 7) is 1.50. The fourth-order valence-corrected chi connectivity index (χ4v) is 1.60. The minimum absolute atomic E-state index is 0.203. The van der Waals surface area contributed by atoms with Crippen molar-refractivity contribution in [3.05, 3.63) is 22.9 Å². The zero-order valence-corrected chi connectivity index (χ0v) is 8.66. The Kier molecular flexibility index (Phi) is 2.80. The van der Waals surface area contributed by atoms with Crippen molar-refractivity contribution in [2.24, 2.45) is 0 Å². The van der Waals surface area contributed by atoms with Gasteiger partial charge in [-0.15, -0.1) is 0 Å². The molecule has 1 aromatic rings. The van der Waals surface area contributed by atoms with Gasteiger partial charge >= 0.3 is 0 Å². The fourth-order valence-electron chi connectivity index (χ4n) is 1.26. The Balaban J connectivity index is 2.00. The van der Waals surface area contributed by atoms with Gasteiger partial charge in [-0.05, 0) is 22.0 Å². The lowest BCUT2D eigenvalue weighted by Crippen LogP contribution is -2.15. The van der Waals surface area contributed by atoms with E-state index in [1.807, 2.05) is 12.1 Å². The van der Waals surface area contributed by atoms with Gasteiger partial charge in [-0.1, -0.05) is 0 Å². The predicted octanol–water partition coefficient (Wildman–Crippen LogP) is 2.01. The standard InChI is InChI=1S/C9H10BrNO2/c10-9-5-7(1-3-11-9)13-8-2-4-12-6-8/h1,3,5,8H,2,4,6H2/t8-/m1/s1. The smallest absolute Gasteiger partial charge is 0.124 e. The Morgan fingerprint density at radius 3 is 3.23 bits per heavy atom. The van der Waals surface area contributed by atoms with E-state index < -0.39 is 0 Å². The maximum absolute atomic E-state index is 5.66. The van der Waals surface area contributed by atoms with Gasteiger partial charge in [0.15, 0.2) is 0 Å². The van der Waals surface area contributed by atoms with Crippen LogP contribution in [0, 0.1) is 0 Å². The van der Waals surface area contributed by atoms with Gasteiger partial charge in [0.1, 0.15) is 16.5 Å². The van der Waals surface area contributed by atoms with Crippen molar-refractivity contribution in [2.75, 3.05) is 13.2 Å². The van der Waals surface area contributed by atoms with Gasteiger partial charge < -0.3 is 9.47 Å². The Bertz CT molecular complexity index is 287. The molecule has 0 radical (unpaired) electrons. The highest BCUT2D eigenvalue weighted by molar-refractivity contribution is 9.10. The van der Waals surface area contributed by atoms with Gasteiger partial charge in [0.05, 0.1) is 13.2 Å². The molecule has 0 aromatic carbocycles. The molecule has 1 atom stereocenters. The lowest BCUT2D eigenvalue weighted by molar-refractivity contribution is 0.141. The van der Waals surface area contributed by atoms with Crippen LogP contribution in [-0.4, -0.2) is 24.3 Å². The van der Waals surface area contributed by atoms with E-state index in [4.69, 9.17) is 9.47 Å². The quantitative estimate of drug-likeness (QED) is 0.745. The monoisotopic (exact) mass is 243 g/mol. The van der Waals surface area contributed by atoms with E-state index >= 15 is 0 Å². The number of nitrogens with zero attached hydrogens (tertiary/aromatic N) is 1. The molecule has 1 fully saturated rings. The van der Waals surface area contributed by atoms with E-state index in [9.17, 15) is 0 Å². The molecule has 0 spiro atoms. The summed E-state index contributed by atoms with van der Waals surface area (Å²) >= 11 is 3.29. The third kappa shape index (κ3) is 2.42. The summed E-state index contributed by atoms with van der Waals surface area (Å²) in [7, 11) is 0. The Labute approximate surface area is 85.2 Å². The molecule has 0 unspecified atom stereocenters. The SMILES string of the molecule is Brc1cc(O[C@@H]2CCOC2)ccn1. The topological polar surface area (TPSA) is 31.4 Å². The summed E-state index contributed by atoms with van der Waals surface area (Å²) in [4.78, 5) is 4.02. The summed E-state index contributed by atoms with van der Waals surface area (Å²) in [5.74, 6) is 0.845. The minimum Gasteiger partial charge on any atom is -0.488 e. The van der Waals surface area contributed by atoms with E-state index in [1.54, 1.807) is 6.20 Å². The molecular weight excluding hydrogens is 234 g/mol. The highest BCUT2D eigenvalue weighted by atomic mass is 79.9. The van der Waals surface area contributed by atoms with Gasteiger partial charge in [-0.3, -0.25) is 0 Å². The summed E-state index contributed by atoms with van der Waals surface area (Å²) in [5.41, 5.74) is 0. The number of hydrogen-bond acceptors (Lipinski definition) is 3. The lowest BCUT2D eigenvalue weighted by Gasteiger charge is -2.11. The van der Waals surface area contributed by atoms with Gasteiger partial charge in [0, 0.05) is 18.7 Å². The van der Waals surface area contributed by atoms with Gasteiger partial charge in [0.2, 0.25) is 0 Å². The van der Waals surface area contributed by atoms with Crippen LogP contribution in [0.3, 0.4) is 0 Å². The van der Waals surface area contributed by atoms with Crippen LogP contribution in [0.1, 0.15) is 6.42 Å². The predicted molar refractivity (Wildman–Crippen MR) is 51.8 cm³/mol. The molecule has 1 aliphatic rings. The van der Waals surface area contributed by atoms with Crippen molar-refractivity contribution in [1.82, 2.24) is 4.98 Å². The van der Waals surface area contributed by atoms with Crippen LogP contribution in [0.25, 0.3) is 0 Å². The third-order valence-corrected chi connectivity index (χ3v) is 2.32. The van der Waals surface area contributed by atoms with Crippen molar-refractivity contribution in [1.29, 1.82) is 0 Å². The fraction of sp³-hybridized carbons (Fsp3) is 0.444. The minimum atomic E-state index is 0.203. The summed E-state index contributed by atoms with van der Waals surface area (Å²) in [5, 5.41) is 0. The number of aromatic nitrogens is 1. The van der Waals surface area contributed by atoms with Crippen molar-refractivity contribution in [3.63, 3.8) is 0 Å². The molecule has 0 saturated carbocycles. The van der Waals surface area contributed by atoms with Crippen LogP contribution in [0.2, 0.25) is 0 Å². The maximum Gasteiger partial charge on any atom is 0.124 e. The molecule has 3 nitrogen and oxygen atoms in total. The number of pyridine rings is 1. The first kappa shape index (κ1) is 8.97. The molecule has 2 rings (SSSR count). The molecule has 70 valence electrons. The average molecular weight is 244 g/mol. The van der Waals surface area contributed by atoms with Crippen LogP contribution in [0.5, 0.6) is 5.75 Å². The summed E-state index contributed by atoms with van der Waals surface area (Å²) in [6, 6.07) is 3.71. The van der Waals surface area contributed by atoms with Crippen LogP contribution in [0.4, 0.5) is 0 Å². The Morgan fingerprint density at radius 1 is 1.62 bits per heavy atom. The normalized spacial score (nSPS) is 21.8. The number of ether oxygens (including phenoxy) is 2. The molecule has 0 amide bonds. The van der Waals surface area contributed by atoms with E-state index in [1.165, 1.54) is 0 Å². The molecule has 2 heterocycles. The first-order valence-corrected chi connectivity index (χ1v) is 5.00. The Morgan fingerprint density at radius 2 is 2.54 bits per heavy atom. The zero-order chi connectivity index (χ0) is 9.10. The van der Waals surface area contributed by atoms with Crippen LogP contribution >= 0.6 is 15.9 Å². The van der Waals surface area contributed by atoms with Crippen molar-refractivity contribution < 1.29 is 9.47 Å². The van der Waals surface area contributed by atoms with Crippen LogP contribution in [0.15, 0.2) is 22.9 Å². The first-order valence-electron chi connectivity index (χ1n) is 4.20. The molecule has 0 bridgehead atoms. The second-order valence-electron chi connectivity index (χ2n) is 2.92.